The highest BCUT2D eigenvalue weighted by Gasteiger charge is 2.24. The van der Waals surface area contributed by atoms with Gasteiger partial charge in [-0.1, -0.05) is 13.8 Å². The molecule has 0 fully saturated rings. The van der Waals surface area contributed by atoms with E-state index in [1.807, 2.05) is 7.05 Å². The molecule has 2 heteroatoms. The Kier molecular flexibility index (Phi) is 7.29. The van der Waals surface area contributed by atoms with Gasteiger partial charge in [-0.05, 0) is 38.1 Å². The largest absolute Gasteiger partial charge is 0.385 e. The van der Waals surface area contributed by atoms with Crippen LogP contribution in [0, 0.1) is 5.41 Å². The average molecular weight is 187 g/mol. The van der Waals surface area contributed by atoms with E-state index in [4.69, 9.17) is 4.74 Å². The van der Waals surface area contributed by atoms with Gasteiger partial charge in [0.1, 0.15) is 0 Å². The molecule has 0 bridgehead atoms. The van der Waals surface area contributed by atoms with Gasteiger partial charge in [0.2, 0.25) is 0 Å². The van der Waals surface area contributed by atoms with E-state index in [-0.39, 0.29) is 0 Å². The van der Waals surface area contributed by atoms with Gasteiger partial charge in [0.15, 0.2) is 0 Å². The maximum absolute atomic E-state index is 5.08. The van der Waals surface area contributed by atoms with Crippen LogP contribution in [-0.4, -0.2) is 27.3 Å². The van der Waals surface area contributed by atoms with Gasteiger partial charge in [0, 0.05) is 20.3 Å². The summed E-state index contributed by atoms with van der Waals surface area (Å²) >= 11 is 0. The molecule has 0 aliphatic carbocycles. The summed E-state index contributed by atoms with van der Waals surface area (Å²) in [5.74, 6) is 0. The van der Waals surface area contributed by atoms with Gasteiger partial charge in [-0.15, -0.1) is 0 Å². The third kappa shape index (κ3) is 4.63. The highest BCUT2D eigenvalue weighted by molar-refractivity contribution is 4.78. The van der Waals surface area contributed by atoms with Gasteiger partial charge in [-0.3, -0.25) is 0 Å². The van der Waals surface area contributed by atoms with Gasteiger partial charge in [-0.2, -0.15) is 0 Å². The lowest BCUT2D eigenvalue weighted by molar-refractivity contribution is 0.157. The minimum absolute atomic E-state index is 0.493. The maximum Gasteiger partial charge on any atom is 0.0462 e. The summed E-state index contributed by atoms with van der Waals surface area (Å²) in [4.78, 5) is 0. The summed E-state index contributed by atoms with van der Waals surface area (Å²) in [7, 11) is 3.81. The topological polar surface area (TPSA) is 21.3 Å². The molecular formula is C11H25NO. The zero-order valence-corrected chi connectivity index (χ0v) is 9.65. The van der Waals surface area contributed by atoms with Crippen LogP contribution in [0.5, 0.6) is 0 Å². The molecule has 0 unspecified atom stereocenters. The van der Waals surface area contributed by atoms with Crippen molar-refractivity contribution in [1.29, 1.82) is 0 Å². The predicted molar refractivity (Wildman–Crippen MR) is 58.1 cm³/mol. The van der Waals surface area contributed by atoms with Crippen LogP contribution in [0.2, 0.25) is 0 Å². The molecule has 0 aromatic heterocycles. The number of ether oxygens (including phenoxy) is 1. The molecule has 0 aromatic rings. The summed E-state index contributed by atoms with van der Waals surface area (Å²) in [5, 5.41) is 3.30. The highest BCUT2D eigenvalue weighted by atomic mass is 16.5. The van der Waals surface area contributed by atoms with Crippen LogP contribution in [0.25, 0.3) is 0 Å². The number of hydrogen-bond donors (Lipinski definition) is 1. The van der Waals surface area contributed by atoms with Crippen molar-refractivity contribution >= 4 is 0 Å². The Morgan fingerprint density at radius 2 is 1.85 bits per heavy atom. The van der Waals surface area contributed by atoms with Crippen molar-refractivity contribution in [3.05, 3.63) is 0 Å². The molecule has 0 saturated heterocycles. The molecule has 0 radical (unpaired) electrons. The lowest BCUT2D eigenvalue weighted by atomic mass is 9.78. The van der Waals surface area contributed by atoms with Crippen molar-refractivity contribution in [2.75, 3.05) is 27.3 Å². The van der Waals surface area contributed by atoms with Gasteiger partial charge in [0.05, 0.1) is 0 Å². The van der Waals surface area contributed by atoms with E-state index in [1.54, 1.807) is 7.11 Å². The minimum atomic E-state index is 0.493. The second kappa shape index (κ2) is 7.34. The summed E-state index contributed by atoms with van der Waals surface area (Å²) < 4.78 is 5.08. The van der Waals surface area contributed by atoms with Crippen LogP contribution in [-0.2, 0) is 4.74 Å². The van der Waals surface area contributed by atoms with E-state index in [1.165, 1.54) is 25.7 Å². The maximum atomic E-state index is 5.08. The molecule has 1 N–H and O–H groups in total. The number of methoxy groups -OCH3 is 1. The van der Waals surface area contributed by atoms with Crippen molar-refractivity contribution < 1.29 is 4.74 Å². The van der Waals surface area contributed by atoms with Gasteiger partial charge < -0.3 is 10.1 Å². The Labute approximate surface area is 83.1 Å². The number of nitrogens with one attached hydrogen (secondary N) is 1. The third-order valence-corrected chi connectivity index (χ3v) is 3.11. The van der Waals surface area contributed by atoms with E-state index in [9.17, 15) is 0 Å². The van der Waals surface area contributed by atoms with E-state index < -0.39 is 0 Å². The Hall–Kier alpha value is -0.0800. The fourth-order valence-electron chi connectivity index (χ4n) is 1.91. The summed E-state index contributed by atoms with van der Waals surface area (Å²) in [5.41, 5.74) is 0.493. The Morgan fingerprint density at radius 1 is 1.23 bits per heavy atom. The SMILES string of the molecule is CCC(CC)(CCCOC)CNC. The van der Waals surface area contributed by atoms with Crippen molar-refractivity contribution in [3.63, 3.8) is 0 Å². The molecule has 13 heavy (non-hydrogen) atoms. The summed E-state index contributed by atoms with van der Waals surface area (Å²) in [6.45, 7) is 6.59. The molecular weight excluding hydrogens is 162 g/mol. The fourth-order valence-corrected chi connectivity index (χ4v) is 1.91. The first-order chi connectivity index (χ1) is 6.24. The first kappa shape index (κ1) is 12.9. The highest BCUT2D eigenvalue weighted by Crippen LogP contribution is 2.30. The summed E-state index contributed by atoms with van der Waals surface area (Å²) in [6, 6.07) is 0. The zero-order chi connectivity index (χ0) is 10.2. The van der Waals surface area contributed by atoms with E-state index in [0.717, 1.165) is 13.2 Å². The molecule has 80 valence electrons. The molecule has 2 nitrogen and oxygen atoms in total. The molecule has 0 heterocycles. The van der Waals surface area contributed by atoms with Gasteiger partial charge in [-0.25, -0.2) is 0 Å². The van der Waals surface area contributed by atoms with E-state index >= 15 is 0 Å². The molecule has 0 amide bonds. The van der Waals surface area contributed by atoms with Gasteiger partial charge >= 0.3 is 0 Å². The van der Waals surface area contributed by atoms with Crippen LogP contribution in [0.4, 0.5) is 0 Å². The number of rotatable bonds is 8. The van der Waals surface area contributed by atoms with E-state index in [2.05, 4.69) is 19.2 Å². The first-order valence-electron chi connectivity index (χ1n) is 5.38. The van der Waals surface area contributed by atoms with Crippen molar-refractivity contribution in [2.24, 2.45) is 5.41 Å². The van der Waals surface area contributed by atoms with E-state index in [0.29, 0.717) is 5.41 Å². The van der Waals surface area contributed by atoms with Gasteiger partial charge in [0.25, 0.3) is 0 Å². The fraction of sp³-hybridized carbons (Fsp3) is 1.00. The molecule has 0 saturated carbocycles. The van der Waals surface area contributed by atoms with Crippen molar-refractivity contribution in [2.45, 2.75) is 39.5 Å². The Morgan fingerprint density at radius 3 is 2.23 bits per heavy atom. The van der Waals surface area contributed by atoms with Crippen molar-refractivity contribution in [1.82, 2.24) is 5.32 Å². The molecule has 0 aromatic carbocycles. The predicted octanol–water partition coefficient (Wildman–Crippen LogP) is 2.44. The molecule has 0 aliphatic heterocycles. The second-order valence-corrected chi connectivity index (χ2v) is 3.83. The van der Waals surface area contributed by atoms with Crippen LogP contribution >= 0.6 is 0 Å². The standard InChI is InChI=1S/C11H25NO/c1-5-11(6-2,10-12-3)8-7-9-13-4/h12H,5-10H2,1-4H3. The molecule has 0 atom stereocenters. The zero-order valence-electron chi connectivity index (χ0n) is 9.65. The minimum Gasteiger partial charge on any atom is -0.385 e. The van der Waals surface area contributed by atoms with Crippen LogP contribution < -0.4 is 5.32 Å². The van der Waals surface area contributed by atoms with Crippen LogP contribution in [0.3, 0.4) is 0 Å². The lowest BCUT2D eigenvalue weighted by Crippen LogP contribution is -2.31. The Balaban J connectivity index is 3.89. The third-order valence-electron chi connectivity index (χ3n) is 3.11. The lowest BCUT2D eigenvalue weighted by Gasteiger charge is -2.31. The Bertz CT molecular complexity index is 111. The van der Waals surface area contributed by atoms with Crippen molar-refractivity contribution in [3.8, 4) is 0 Å². The van der Waals surface area contributed by atoms with Crippen LogP contribution in [0.1, 0.15) is 39.5 Å². The molecule has 0 rings (SSSR count). The van der Waals surface area contributed by atoms with Crippen LogP contribution in [0.15, 0.2) is 0 Å². The smallest absolute Gasteiger partial charge is 0.0462 e. The summed E-state index contributed by atoms with van der Waals surface area (Å²) in [6.07, 6.45) is 4.97. The molecule has 0 spiro atoms. The molecule has 0 aliphatic rings. The monoisotopic (exact) mass is 187 g/mol. The quantitative estimate of drug-likeness (QED) is 0.589. The number of hydrogen-bond acceptors (Lipinski definition) is 2. The average Bonchev–Trinajstić information content (AvgIpc) is 2.17. The first-order valence-corrected chi connectivity index (χ1v) is 5.38. The second-order valence-electron chi connectivity index (χ2n) is 3.83. The normalized spacial score (nSPS) is 12.0.